The Morgan fingerprint density at radius 2 is 1.69 bits per heavy atom. The van der Waals surface area contributed by atoms with Gasteiger partial charge in [-0.25, -0.2) is 8.42 Å². The lowest BCUT2D eigenvalue weighted by molar-refractivity contribution is -0.122. The number of hydrogen-bond acceptors (Lipinski definition) is 4. The van der Waals surface area contributed by atoms with Gasteiger partial charge < -0.3 is 10.2 Å². The lowest BCUT2D eigenvalue weighted by Crippen LogP contribution is -2.49. The Morgan fingerprint density at radius 3 is 2.27 bits per heavy atom. The van der Waals surface area contributed by atoms with E-state index in [1.54, 1.807) is 4.31 Å². The molecule has 1 amide bonds. The molecule has 1 aliphatic heterocycles. The summed E-state index contributed by atoms with van der Waals surface area (Å²) in [6.45, 7) is 8.83. The van der Waals surface area contributed by atoms with E-state index in [4.69, 9.17) is 0 Å². The zero-order valence-corrected chi connectivity index (χ0v) is 16.9. The van der Waals surface area contributed by atoms with E-state index in [2.05, 4.69) is 10.2 Å². The second-order valence-corrected chi connectivity index (χ2v) is 10.1. The first-order valence-corrected chi connectivity index (χ1v) is 10.8. The standard InChI is InChI=1S/C19H31N3O3S/c1-19(2,3)16-18(23)20-10-7-15-26(24,25)22-13-11-21(12-14-22)17-8-5-4-6-9-17/h4-6,8-9H,7,10-16H2,1-3H3,(H,20,23). The first-order valence-electron chi connectivity index (χ1n) is 9.22. The first-order chi connectivity index (χ1) is 12.2. The zero-order valence-electron chi connectivity index (χ0n) is 16.1. The highest BCUT2D eigenvalue weighted by molar-refractivity contribution is 7.89. The summed E-state index contributed by atoms with van der Waals surface area (Å²) in [6, 6.07) is 10.1. The summed E-state index contributed by atoms with van der Waals surface area (Å²) in [4.78, 5) is 14.0. The number of para-hydroxylation sites is 1. The Balaban J connectivity index is 1.73. The van der Waals surface area contributed by atoms with Gasteiger partial charge in [0, 0.05) is 44.8 Å². The van der Waals surface area contributed by atoms with Gasteiger partial charge in [0.25, 0.3) is 0 Å². The summed E-state index contributed by atoms with van der Waals surface area (Å²) in [5, 5.41) is 2.81. The summed E-state index contributed by atoms with van der Waals surface area (Å²) in [7, 11) is -3.27. The minimum atomic E-state index is -3.27. The van der Waals surface area contributed by atoms with Crippen molar-refractivity contribution in [2.45, 2.75) is 33.6 Å². The quantitative estimate of drug-likeness (QED) is 0.734. The van der Waals surface area contributed by atoms with Gasteiger partial charge in [-0.1, -0.05) is 39.0 Å². The molecule has 0 aromatic heterocycles. The molecule has 7 heteroatoms. The Hall–Kier alpha value is -1.60. The minimum Gasteiger partial charge on any atom is -0.369 e. The van der Waals surface area contributed by atoms with Crippen molar-refractivity contribution < 1.29 is 13.2 Å². The number of hydrogen-bond donors (Lipinski definition) is 1. The maximum atomic E-state index is 12.5. The highest BCUT2D eigenvalue weighted by Crippen LogP contribution is 2.18. The normalized spacial score (nSPS) is 16.5. The van der Waals surface area contributed by atoms with Crippen LogP contribution in [0.3, 0.4) is 0 Å². The van der Waals surface area contributed by atoms with Gasteiger partial charge in [0.15, 0.2) is 0 Å². The van der Waals surface area contributed by atoms with Gasteiger partial charge in [0.1, 0.15) is 0 Å². The van der Waals surface area contributed by atoms with Gasteiger partial charge in [-0.3, -0.25) is 4.79 Å². The van der Waals surface area contributed by atoms with Crippen molar-refractivity contribution in [1.29, 1.82) is 0 Å². The number of anilines is 1. The largest absolute Gasteiger partial charge is 0.369 e. The van der Waals surface area contributed by atoms with E-state index in [-0.39, 0.29) is 17.1 Å². The highest BCUT2D eigenvalue weighted by atomic mass is 32.2. The van der Waals surface area contributed by atoms with Crippen molar-refractivity contribution in [3.8, 4) is 0 Å². The van der Waals surface area contributed by atoms with Crippen LogP contribution < -0.4 is 10.2 Å². The zero-order chi connectivity index (χ0) is 19.2. The van der Waals surface area contributed by atoms with Crippen molar-refractivity contribution in [2.75, 3.05) is 43.4 Å². The predicted octanol–water partition coefficient (Wildman–Crippen LogP) is 2.08. The molecule has 1 N–H and O–H groups in total. The van der Waals surface area contributed by atoms with Crippen LogP contribution in [0, 0.1) is 5.41 Å². The average Bonchev–Trinajstić information content (AvgIpc) is 2.58. The van der Waals surface area contributed by atoms with E-state index in [1.165, 1.54) is 0 Å². The van der Waals surface area contributed by atoms with Gasteiger partial charge in [0.2, 0.25) is 15.9 Å². The third-order valence-electron chi connectivity index (χ3n) is 4.35. The van der Waals surface area contributed by atoms with E-state index >= 15 is 0 Å². The van der Waals surface area contributed by atoms with E-state index < -0.39 is 10.0 Å². The number of nitrogens with zero attached hydrogens (tertiary/aromatic N) is 2. The lowest BCUT2D eigenvalue weighted by Gasteiger charge is -2.35. The first kappa shape index (κ1) is 20.7. The summed E-state index contributed by atoms with van der Waals surface area (Å²) < 4.78 is 26.6. The number of benzene rings is 1. The fourth-order valence-corrected chi connectivity index (χ4v) is 4.51. The van der Waals surface area contributed by atoms with Crippen molar-refractivity contribution in [2.24, 2.45) is 5.41 Å². The van der Waals surface area contributed by atoms with Crippen LogP contribution in [-0.4, -0.2) is 57.1 Å². The maximum Gasteiger partial charge on any atom is 0.220 e. The number of amides is 1. The number of nitrogens with one attached hydrogen (secondary N) is 1. The SMILES string of the molecule is CC(C)(C)CC(=O)NCCCS(=O)(=O)N1CCN(c2ccccc2)CC1. The molecule has 1 heterocycles. The molecular weight excluding hydrogens is 350 g/mol. The van der Waals surface area contributed by atoms with Gasteiger partial charge in [0.05, 0.1) is 5.75 Å². The molecule has 1 aromatic rings. The number of carbonyl (C=O) groups excluding carboxylic acids is 1. The topological polar surface area (TPSA) is 69.7 Å². The molecule has 0 bridgehead atoms. The van der Waals surface area contributed by atoms with Crippen LogP contribution in [0.1, 0.15) is 33.6 Å². The molecule has 1 aliphatic rings. The number of sulfonamides is 1. The monoisotopic (exact) mass is 381 g/mol. The number of carbonyl (C=O) groups is 1. The van der Waals surface area contributed by atoms with E-state index in [0.29, 0.717) is 45.6 Å². The fourth-order valence-electron chi connectivity index (χ4n) is 3.02. The molecule has 0 saturated carbocycles. The molecule has 1 fully saturated rings. The van der Waals surface area contributed by atoms with E-state index in [1.807, 2.05) is 51.1 Å². The number of piperazine rings is 1. The Morgan fingerprint density at radius 1 is 1.08 bits per heavy atom. The van der Waals surface area contributed by atoms with Crippen LogP contribution in [0.4, 0.5) is 5.69 Å². The summed E-state index contributed by atoms with van der Waals surface area (Å²) in [6.07, 6.45) is 0.887. The van der Waals surface area contributed by atoms with Crippen LogP contribution in [0.5, 0.6) is 0 Å². The van der Waals surface area contributed by atoms with E-state index in [0.717, 1.165) is 5.69 Å². The number of rotatable bonds is 7. The van der Waals surface area contributed by atoms with Crippen molar-refractivity contribution in [1.82, 2.24) is 9.62 Å². The molecule has 146 valence electrons. The Bertz CT molecular complexity index is 676. The molecule has 1 saturated heterocycles. The third-order valence-corrected chi connectivity index (χ3v) is 6.30. The molecule has 26 heavy (non-hydrogen) atoms. The molecule has 0 spiro atoms. The van der Waals surface area contributed by atoms with Crippen molar-refractivity contribution >= 4 is 21.6 Å². The van der Waals surface area contributed by atoms with Gasteiger partial charge in [-0.2, -0.15) is 4.31 Å². The van der Waals surface area contributed by atoms with Crippen LogP contribution in [0.15, 0.2) is 30.3 Å². The molecule has 1 aromatic carbocycles. The van der Waals surface area contributed by atoms with E-state index in [9.17, 15) is 13.2 Å². The smallest absolute Gasteiger partial charge is 0.220 e. The van der Waals surface area contributed by atoms with Gasteiger partial charge in [-0.15, -0.1) is 0 Å². The fraction of sp³-hybridized carbons (Fsp3) is 0.632. The minimum absolute atomic E-state index is 0.0219. The molecule has 2 rings (SSSR count). The van der Waals surface area contributed by atoms with Crippen LogP contribution in [0.2, 0.25) is 0 Å². The Labute approximate surface area is 157 Å². The molecule has 0 radical (unpaired) electrons. The second kappa shape index (κ2) is 8.86. The summed E-state index contributed by atoms with van der Waals surface area (Å²) in [5.41, 5.74) is 1.07. The second-order valence-electron chi connectivity index (χ2n) is 7.98. The van der Waals surface area contributed by atoms with Crippen molar-refractivity contribution in [3.05, 3.63) is 30.3 Å². The van der Waals surface area contributed by atoms with Crippen LogP contribution >= 0.6 is 0 Å². The van der Waals surface area contributed by atoms with Crippen molar-refractivity contribution in [3.63, 3.8) is 0 Å². The van der Waals surface area contributed by atoms with Crippen LogP contribution in [0.25, 0.3) is 0 Å². The molecule has 6 nitrogen and oxygen atoms in total. The summed E-state index contributed by atoms with van der Waals surface area (Å²) >= 11 is 0. The van der Waals surface area contributed by atoms with Gasteiger partial charge >= 0.3 is 0 Å². The average molecular weight is 382 g/mol. The molecule has 0 unspecified atom stereocenters. The lowest BCUT2D eigenvalue weighted by atomic mass is 9.92. The molecule has 0 atom stereocenters. The third kappa shape index (κ3) is 6.61. The van der Waals surface area contributed by atoms with Crippen LogP contribution in [-0.2, 0) is 14.8 Å². The Kier molecular flexibility index (Phi) is 7.06. The van der Waals surface area contributed by atoms with Gasteiger partial charge in [-0.05, 0) is 24.0 Å². The molecular formula is C19H31N3O3S. The predicted molar refractivity (Wildman–Crippen MR) is 106 cm³/mol. The maximum absolute atomic E-state index is 12.5. The highest BCUT2D eigenvalue weighted by Gasteiger charge is 2.26. The molecule has 0 aliphatic carbocycles. The summed E-state index contributed by atoms with van der Waals surface area (Å²) in [5.74, 6) is 0.0556.